The minimum Gasteiger partial charge on any atom is -0.478 e. The van der Waals surface area contributed by atoms with E-state index in [4.69, 9.17) is 9.84 Å². The summed E-state index contributed by atoms with van der Waals surface area (Å²) in [7, 11) is 0. The SMILES string of the molecule is CCCCC(CC)C(=O)OC(=O)c1ccccc1C(=O)O. The summed E-state index contributed by atoms with van der Waals surface area (Å²) in [5.41, 5.74) is -0.277. The number of aromatic carboxylic acids is 1. The molecular weight excluding hydrogens is 272 g/mol. The van der Waals surface area contributed by atoms with E-state index >= 15 is 0 Å². The Morgan fingerprint density at radius 3 is 2.29 bits per heavy atom. The zero-order valence-corrected chi connectivity index (χ0v) is 12.3. The van der Waals surface area contributed by atoms with Crippen molar-refractivity contribution in [2.24, 2.45) is 5.92 Å². The second kappa shape index (κ2) is 8.19. The van der Waals surface area contributed by atoms with Gasteiger partial charge in [0, 0.05) is 0 Å². The van der Waals surface area contributed by atoms with Gasteiger partial charge < -0.3 is 9.84 Å². The van der Waals surface area contributed by atoms with Crippen LogP contribution in [-0.2, 0) is 9.53 Å². The fourth-order valence-electron chi connectivity index (χ4n) is 2.02. The van der Waals surface area contributed by atoms with Crippen molar-refractivity contribution in [1.29, 1.82) is 0 Å². The fraction of sp³-hybridized carbons (Fsp3) is 0.438. The Morgan fingerprint density at radius 1 is 1.14 bits per heavy atom. The summed E-state index contributed by atoms with van der Waals surface area (Å²) in [5.74, 6) is -3.05. The molecule has 1 aromatic rings. The summed E-state index contributed by atoms with van der Waals surface area (Å²) in [6.07, 6.45) is 3.10. The number of esters is 2. The molecule has 0 aromatic heterocycles. The zero-order chi connectivity index (χ0) is 15.8. The highest BCUT2D eigenvalue weighted by Gasteiger charge is 2.24. The van der Waals surface area contributed by atoms with Crippen molar-refractivity contribution in [3.05, 3.63) is 35.4 Å². The Hall–Kier alpha value is -2.17. The average Bonchev–Trinajstić information content (AvgIpc) is 2.47. The molecule has 1 atom stereocenters. The summed E-state index contributed by atoms with van der Waals surface area (Å²) in [6.45, 7) is 3.88. The third-order valence-corrected chi connectivity index (χ3v) is 3.30. The minimum atomic E-state index is -1.23. The molecule has 0 spiro atoms. The van der Waals surface area contributed by atoms with E-state index in [0.717, 1.165) is 12.8 Å². The van der Waals surface area contributed by atoms with Gasteiger partial charge >= 0.3 is 17.9 Å². The number of hydrogen-bond donors (Lipinski definition) is 1. The van der Waals surface area contributed by atoms with Gasteiger partial charge in [-0.15, -0.1) is 0 Å². The summed E-state index contributed by atoms with van der Waals surface area (Å²) < 4.78 is 4.84. The number of carbonyl (C=O) groups excluding carboxylic acids is 2. The Labute approximate surface area is 123 Å². The molecule has 0 bridgehead atoms. The molecule has 0 aliphatic heterocycles. The molecule has 5 nitrogen and oxygen atoms in total. The lowest BCUT2D eigenvalue weighted by Gasteiger charge is -2.13. The van der Waals surface area contributed by atoms with Gasteiger partial charge in [0.15, 0.2) is 0 Å². The first-order valence-corrected chi connectivity index (χ1v) is 7.09. The van der Waals surface area contributed by atoms with Crippen molar-refractivity contribution in [2.45, 2.75) is 39.5 Å². The van der Waals surface area contributed by atoms with Crippen molar-refractivity contribution < 1.29 is 24.2 Å². The maximum absolute atomic E-state index is 12.0. The van der Waals surface area contributed by atoms with Gasteiger partial charge in [-0.25, -0.2) is 9.59 Å². The van der Waals surface area contributed by atoms with Crippen LogP contribution in [0.4, 0.5) is 0 Å². The maximum Gasteiger partial charge on any atom is 0.346 e. The number of carboxylic acid groups (broad SMARTS) is 1. The molecule has 1 N–H and O–H groups in total. The number of hydrogen-bond acceptors (Lipinski definition) is 4. The van der Waals surface area contributed by atoms with E-state index in [1.54, 1.807) is 0 Å². The molecule has 0 aliphatic carbocycles. The Bertz CT molecular complexity index is 521. The summed E-state index contributed by atoms with van der Waals surface area (Å²) in [4.78, 5) is 35.0. The number of rotatable bonds is 7. The molecule has 0 amide bonds. The zero-order valence-electron chi connectivity index (χ0n) is 12.3. The van der Waals surface area contributed by atoms with Crippen LogP contribution in [0.2, 0.25) is 0 Å². The van der Waals surface area contributed by atoms with E-state index in [1.165, 1.54) is 24.3 Å². The van der Waals surface area contributed by atoms with Crippen LogP contribution < -0.4 is 0 Å². The second-order valence-corrected chi connectivity index (χ2v) is 4.81. The highest BCUT2D eigenvalue weighted by molar-refractivity contribution is 6.05. The third kappa shape index (κ3) is 4.70. The maximum atomic E-state index is 12.0. The number of ether oxygens (including phenoxy) is 1. The van der Waals surface area contributed by atoms with Crippen LogP contribution in [0.25, 0.3) is 0 Å². The van der Waals surface area contributed by atoms with Crippen LogP contribution in [0.5, 0.6) is 0 Å². The van der Waals surface area contributed by atoms with E-state index in [-0.39, 0.29) is 17.0 Å². The molecular formula is C16H20O5. The van der Waals surface area contributed by atoms with Gasteiger partial charge in [-0.05, 0) is 25.0 Å². The van der Waals surface area contributed by atoms with Crippen LogP contribution in [-0.4, -0.2) is 23.0 Å². The van der Waals surface area contributed by atoms with Crippen LogP contribution in [0, 0.1) is 5.92 Å². The van der Waals surface area contributed by atoms with Gasteiger partial charge in [0.05, 0.1) is 17.0 Å². The molecule has 1 unspecified atom stereocenters. The predicted molar refractivity (Wildman–Crippen MR) is 77.1 cm³/mol. The number of benzene rings is 1. The first kappa shape index (κ1) is 16.9. The van der Waals surface area contributed by atoms with Crippen molar-refractivity contribution in [1.82, 2.24) is 0 Å². The predicted octanol–water partition coefficient (Wildman–Crippen LogP) is 3.28. The lowest BCUT2D eigenvalue weighted by atomic mass is 9.99. The van der Waals surface area contributed by atoms with Gasteiger partial charge in [-0.3, -0.25) is 4.79 Å². The van der Waals surface area contributed by atoms with Gasteiger partial charge in [-0.1, -0.05) is 38.8 Å². The normalized spacial score (nSPS) is 11.7. The highest BCUT2D eigenvalue weighted by Crippen LogP contribution is 2.17. The summed E-state index contributed by atoms with van der Waals surface area (Å²) in [6, 6.07) is 5.68. The van der Waals surface area contributed by atoms with Crippen LogP contribution in [0.3, 0.4) is 0 Å². The lowest BCUT2D eigenvalue weighted by Crippen LogP contribution is -2.22. The molecule has 0 heterocycles. The third-order valence-electron chi connectivity index (χ3n) is 3.30. The number of unbranched alkanes of at least 4 members (excludes halogenated alkanes) is 1. The molecule has 21 heavy (non-hydrogen) atoms. The van der Waals surface area contributed by atoms with Gasteiger partial charge in [0.2, 0.25) is 0 Å². The van der Waals surface area contributed by atoms with Crippen molar-refractivity contribution >= 4 is 17.9 Å². The first-order valence-electron chi connectivity index (χ1n) is 7.09. The second-order valence-electron chi connectivity index (χ2n) is 4.81. The van der Waals surface area contributed by atoms with E-state index in [1.807, 2.05) is 13.8 Å². The average molecular weight is 292 g/mol. The topological polar surface area (TPSA) is 80.7 Å². The first-order chi connectivity index (χ1) is 10.0. The standard InChI is InChI=1S/C16H20O5/c1-3-5-8-11(4-2)15(19)21-16(20)13-10-7-6-9-12(13)14(17)18/h6-7,9-11H,3-5,8H2,1-2H3,(H,17,18). The fourth-order valence-corrected chi connectivity index (χ4v) is 2.02. The highest BCUT2D eigenvalue weighted by atomic mass is 16.6. The number of carbonyl (C=O) groups is 3. The molecule has 0 saturated heterocycles. The van der Waals surface area contributed by atoms with E-state index in [9.17, 15) is 14.4 Å². The quantitative estimate of drug-likeness (QED) is 0.616. The Balaban J connectivity index is 2.81. The summed E-state index contributed by atoms with van der Waals surface area (Å²) in [5, 5.41) is 9.03. The van der Waals surface area contributed by atoms with Gasteiger partial charge in [0.25, 0.3) is 0 Å². The van der Waals surface area contributed by atoms with Crippen molar-refractivity contribution in [3.63, 3.8) is 0 Å². The van der Waals surface area contributed by atoms with Crippen LogP contribution in [0.15, 0.2) is 24.3 Å². The minimum absolute atomic E-state index is 0.108. The smallest absolute Gasteiger partial charge is 0.346 e. The van der Waals surface area contributed by atoms with Crippen molar-refractivity contribution in [2.75, 3.05) is 0 Å². The number of carboxylic acids is 1. The largest absolute Gasteiger partial charge is 0.478 e. The molecule has 1 rings (SSSR count). The van der Waals surface area contributed by atoms with E-state index in [2.05, 4.69) is 0 Å². The van der Waals surface area contributed by atoms with Crippen molar-refractivity contribution in [3.8, 4) is 0 Å². The summed E-state index contributed by atoms with van der Waals surface area (Å²) >= 11 is 0. The van der Waals surface area contributed by atoms with Gasteiger partial charge in [-0.2, -0.15) is 0 Å². The molecule has 0 fully saturated rings. The molecule has 0 radical (unpaired) electrons. The lowest BCUT2D eigenvalue weighted by molar-refractivity contribution is -0.143. The molecule has 114 valence electrons. The molecule has 0 aliphatic rings. The van der Waals surface area contributed by atoms with Crippen LogP contribution in [0.1, 0.15) is 60.2 Å². The Morgan fingerprint density at radius 2 is 1.76 bits per heavy atom. The van der Waals surface area contributed by atoms with Gasteiger partial charge in [0.1, 0.15) is 0 Å². The van der Waals surface area contributed by atoms with E-state index in [0.29, 0.717) is 12.8 Å². The molecule has 5 heteroatoms. The monoisotopic (exact) mass is 292 g/mol. The van der Waals surface area contributed by atoms with Crippen LogP contribution >= 0.6 is 0 Å². The Kier molecular flexibility index (Phi) is 6.59. The molecule has 1 aromatic carbocycles. The van der Waals surface area contributed by atoms with E-state index < -0.39 is 17.9 Å². The molecule has 0 saturated carbocycles.